The highest BCUT2D eigenvalue weighted by Gasteiger charge is 2.58. The summed E-state index contributed by atoms with van der Waals surface area (Å²) >= 11 is 0. The van der Waals surface area contributed by atoms with Gasteiger partial charge in [0.15, 0.2) is 0 Å². The molecule has 2 amide bonds. The van der Waals surface area contributed by atoms with E-state index in [-0.39, 0.29) is 11.8 Å². The normalized spacial score (nSPS) is 18.9. The van der Waals surface area contributed by atoms with Gasteiger partial charge in [-0.3, -0.25) is 9.59 Å². The van der Waals surface area contributed by atoms with Gasteiger partial charge in [0.05, 0.1) is 13.2 Å². The molecule has 1 aliphatic carbocycles. The summed E-state index contributed by atoms with van der Waals surface area (Å²) in [5.74, 6) is 0.415. The Labute approximate surface area is 156 Å². The molecule has 26 heavy (non-hydrogen) atoms. The van der Waals surface area contributed by atoms with Crippen molar-refractivity contribution >= 4 is 17.5 Å². The number of hydrogen-bond acceptors (Lipinski definition) is 3. The number of anilines is 1. The van der Waals surface area contributed by atoms with Crippen LogP contribution in [0, 0.1) is 5.41 Å². The highest BCUT2D eigenvalue weighted by atomic mass is 16.5. The fourth-order valence-electron chi connectivity index (χ4n) is 3.66. The predicted molar refractivity (Wildman–Crippen MR) is 102 cm³/mol. The van der Waals surface area contributed by atoms with Crippen molar-refractivity contribution in [2.24, 2.45) is 5.41 Å². The lowest BCUT2D eigenvalue weighted by Crippen LogP contribution is -2.47. The average molecular weight is 358 g/mol. The largest absolute Gasteiger partial charge is 0.378 e. The van der Waals surface area contributed by atoms with Crippen LogP contribution in [0.5, 0.6) is 0 Å². The minimum absolute atomic E-state index is 0.0357. The van der Waals surface area contributed by atoms with E-state index in [2.05, 4.69) is 45.1 Å². The molecule has 3 rings (SSSR count). The molecule has 142 valence electrons. The Bertz CT molecular complexity index is 660. The number of hydrogen-bond donors (Lipinski definition) is 1. The van der Waals surface area contributed by atoms with Crippen molar-refractivity contribution in [2.45, 2.75) is 52.4 Å². The zero-order chi connectivity index (χ0) is 18.9. The van der Waals surface area contributed by atoms with Crippen molar-refractivity contribution in [1.29, 1.82) is 0 Å². The van der Waals surface area contributed by atoms with Crippen molar-refractivity contribution in [3.8, 4) is 0 Å². The van der Waals surface area contributed by atoms with Gasteiger partial charge in [-0.2, -0.15) is 0 Å². The van der Waals surface area contributed by atoms with Crippen LogP contribution in [0.15, 0.2) is 18.2 Å². The minimum atomic E-state index is -0.879. The molecule has 5 heteroatoms. The molecule has 1 heterocycles. The standard InChI is InChI=1S/C21H30N2O3/c1-14(2)16-6-5-7-17(15(3)4)18(16)22-19(24)21(8-9-21)20(25)23-10-12-26-13-11-23/h5-7,14-15H,8-13H2,1-4H3,(H,22,24). The van der Waals surface area contributed by atoms with E-state index in [0.717, 1.165) is 16.8 Å². The van der Waals surface area contributed by atoms with Crippen molar-refractivity contribution in [2.75, 3.05) is 31.6 Å². The summed E-state index contributed by atoms with van der Waals surface area (Å²) in [6, 6.07) is 6.18. The lowest BCUT2D eigenvalue weighted by atomic mass is 9.92. The van der Waals surface area contributed by atoms with Crippen LogP contribution in [-0.4, -0.2) is 43.0 Å². The highest BCUT2D eigenvalue weighted by molar-refractivity contribution is 6.13. The van der Waals surface area contributed by atoms with E-state index in [9.17, 15) is 9.59 Å². The molecular weight excluding hydrogens is 328 g/mol. The first-order valence-corrected chi connectivity index (χ1v) is 9.68. The number of nitrogens with one attached hydrogen (secondary N) is 1. The summed E-state index contributed by atoms with van der Waals surface area (Å²) < 4.78 is 5.33. The van der Waals surface area contributed by atoms with Crippen LogP contribution in [0.25, 0.3) is 0 Å². The average Bonchev–Trinajstić information content (AvgIpc) is 3.43. The van der Waals surface area contributed by atoms with Crippen molar-refractivity contribution in [3.05, 3.63) is 29.3 Å². The van der Waals surface area contributed by atoms with Crippen LogP contribution in [0.2, 0.25) is 0 Å². The Balaban J connectivity index is 1.85. The van der Waals surface area contributed by atoms with Gasteiger partial charge in [-0.15, -0.1) is 0 Å². The van der Waals surface area contributed by atoms with E-state index in [4.69, 9.17) is 4.74 Å². The maximum absolute atomic E-state index is 13.1. The molecule has 1 aliphatic heterocycles. The highest BCUT2D eigenvalue weighted by Crippen LogP contribution is 2.49. The molecule has 1 aromatic carbocycles. The van der Waals surface area contributed by atoms with E-state index in [1.165, 1.54) is 0 Å². The van der Waals surface area contributed by atoms with Gasteiger partial charge in [0.25, 0.3) is 0 Å². The molecule has 1 saturated heterocycles. The van der Waals surface area contributed by atoms with E-state index < -0.39 is 5.41 Å². The zero-order valence-electron chi connectivity index (χ0n) is 16.3. The maximum Gasteiger partial charge on any atom is 0.240 e. The van der Waals surface area contributed by atoms with Crippen LogP contribution < -0.4 is 5.32 Å². The van der Waals surface area contributed by atoms with E-state index >= 15 is 0 Å². The summed E-state index contributed by atoms with van der Waals surface area (Å²) in [6.07, 6.45) is 1.27. The fourth-order valence-corrected chi connectivity index (χ4v) is 3.66. The first-order chi connectivity index (χ1) is 12.4. The Hall–Kier alpha value is -1.88. The quantitative estimate of drug-likeness (QED) is 0.820. The van der Waals surface area contributed by atoms with Crippen LogP contribution in [0.1, 0.15) is 63.5 Å². The summed E-state index contributed by atoms with van der Waals surface area (Å²) in [4.78, 5) is 27.9. The first kappa shape index (κ1) is 18.9. The Morgan fingerprint density at radius 3 is 2.04 bits per heavy atom. The lowest BCUT2D eigenvalue weighted by molar-refractivity contribution is -0.145. The second kappa shape index (κ2) is 7.39. The molecule has 0 spiro atoms. The number of rotatable bonds is 5. The number of morpholine rings is 1. The molecule has 2 fully saturated rings. The fraction of sp³-hybridized carbons (Fsp3) is 0.619. The van der Waals surface area contributed by atoms with Crippen molar-refractivity contribution in [1.82, 2.24) is 4.90 Å². The third-order valence-corrected chi connectivity index (χ3v) is 5.50. The van der Waals surface area contributed by atoms with Crippen LogP contribution in [0.3, 0.4) is 0 Å². The van der Waals surface area contributed by atoms with E-state index in [1.807, 2.05) is 6.07 Å². The van der Waals surface area contributed by atoms with Gasteiger partial charge in [-0.25, -0.2) is 0 Å². The molecule has 0 radical (unpaired) electrons. The summed E-state index contributed by atoms with van der Waals surface area (Å²) in [6.45, 7) is 10.8. The Morgan fingerprint density at radius 2 is 1.58 bits per heavy atom. The molecule has 0 unspecified atom stereocenters. The van der Waals surface area contributed by atoms with Gasteiger partial charge < -0.3 is 15.0 Å². The van der Waals surface area contributed by atoms with Gasteiger partial charge in [-0.05, 0) is 35.8 Å². The van der Waals surface area contributed by atoms with Crippen molar-refractivity contribution in [3.63, 3.8) is 0 Å². The molecule has 1 N–H and O–H groups in total. The third kappa shape index (κ3) is 3.50. The number of nitrogens with zero attached hydrogens (tertiary/aromatic N) is 1. The van der Waals surface area contributed by atoms with Crippen LogP contribution >= 0.6 is 0 Å². The topological polar surface area (TPSA) is 58.6 Å². The maximum atomic E-state index is 13.1. The van der Waals surface area contributed by atoms with Gasteiger partial charge in [-0.1, -0.05) is 45.9 Å². The second-order valence-corrected chi connectivity index (χ2v) is 8.06. The predicted octanol–water partition coefficient (Wildman–Crippen LogP) is 3.51. The van der Waals surface area contributed by atoms with Crippen molar-refractivity contribution < 1.29 is 14.3 Å². The minimum Gasteiger partial charge on any atom is -0.378 e. The molecule has 0 bridgehead atoms. The summed E-state index contributed by atoms with van der Waals surface area (Å²) in [7, 11) is 0. The molecule has 2 aliphatic rings. The molecule has 0 aromatic heterocycles. The van der Waals surface area contributed by atoms with Gasteiger partial charge >= 0.3 is 0 Å². The molecular formula is C21H30N2O3. The second-order valence-electron chi connectivity index (χ2n) is 8.06. The molecule has 5 nitrogen and oxygen atoms in total. The molecule has 0 atom stereocenters. The smallest absolute Gasteiger partial charge is 0.240 e. The molecule has 1 aromatic rings. The first-order valence-electron chi connectivity index (χ1n) is 9.68. The number of ether oxygens (including phenoxy) is 1. The van der Waals surface area contributed by atoms with Crippen LogP contribution in [-0.2, 0) is 14.3 Å². The van der Waals surface area contributed by atoms with Gasteiger partial charge in [0, 0.05) is 18.8 Å². The van der Waals surface area contributed by atoms with E-state index in [0.29, 0.717) is 51.0 Å². The number of para-hydroxylation sites is 1. The number of carbonyl (C=O) groups excluding carboxylic acids is 2. The number of carbonyl (C=O) groups is 2. The van der Waals surface area contributed by atoms with Crippen LogP contribution in [0.4, 0.5) is 5.69 Å². The number of amides is 2. The Morgan fingerprint density at radius 1 is 1.04 bits per heavy atom. The van der Waals surface area contributed by atoms with Gasteiger partial charge in [0.2, 0.25) is 11.8 Å². The Kier molecular flexibility index (Phi) is 5.37. The number of benzene rings is 1. The van der Waals surface area contributed by atoms with E-state index in [1.54, 1.807) is 4.90 Å². The molecule has 1 saturated carbocycles. The SMILES string of the molecule is CC(C)c1cccc(C(C)C)c1NC(=O)C1(C(=O)N2CCOCC2)CC1. The summed E-state index contributed by atoms with van der Waals surface area (Å²) in [5.41, 5.74) is 2.26. The zero-order valence-corrected chi connectivity index (χ0v) is 16.3. The van der Waals surface area contributed by atoms with Gasteiger partial charge in [0.1, 0.15) is 5.41 Å². The lowest BCUT2D eigenvalue weighted by Gasteiger charge is -2.30. The third-order valence-electron chi connectivity index (χ3n) is 5.50. The monoisotopic (exact) mass is 358 g/mol. The summed E-state index contributed by atoms with van der Waals surface area (Å²) in [5, 5.41) is 3.15.